The highest BCUT2D eigenvalue weighted by Crippen LogP contribution is 2.26. The molecule has 1 saturated heterocycles. The number of nitrogens with one attached hydrogen (secondary N) is 2. The van der Waals surface area contributed by atoms with E-state index < -0.39 is 10.5 Å². The fraction of sp³-hybridized carbons (Fsp3) is 0.706. The highest BCUT2D eigenvalue weighted by Gasteiger charge is 2.31. The van der Waals surface area contributed by atoms with Gasteiger partial charge in [0.05, 0.1) is 4.92 Å². The highest BCUT2D eigenvalue weighted by molar-refractivity contribution is 5.69. The van der Waals surface area contributed by atoms with Crippen LogP contribution in [0.2, 0.25) is 0 Å². The van der Waals surface area contributed by atoms with Crippen molar-refractivity contribution >= 4 is 23.5 Å². The van der Waals surface area contributed by atoms with E-state index in [1.54, 1.807) is 4.90 Å². The summed E-state index contributed by atoms with van der Waals surface area (Å²) in [5.41, 5.74) is -1.05. The van der Waals surface area contributed by atoms with Gasteiger partial charge in [-0.3, -0.25) is 10.1 Å². The van der Waals surface area contributed by atoms with E-state index in [0.717, 1.165) is 0 Å². The number of hydrogen-bond acceptors (Lipinski definition) is 8. The van der Waals surface area contributed by atoms with Crippen LogP contribution in [0.1, 0.15) is 48.0 Å². The smallest absolute Gasteiger partial charge is 0.410 e. The number of ether oxygens (including phenoxy) is 1. The normalized spacial score (nSPS) is 17.6. The van der Waals surface area contributed by atoms with E-state index in [1.807, 2.05) is 41.5 Å². The van der Waals surface area contributed by atoms with Gasteiger partial charge in [-0.2, -0.15) is 4.98 Å². The second kappa shape index (κ2) is 7.53. The van der Waals surface area contributed by atoms with E-state index in [-0.39, 0.29) is 29.2 Å². The Morgan fingerprint density at radius 2 is 2.00 bits per heavy atom. The molecule has 10 nitrogen and oxygen atoms in total. The maximum atomic E-state index is 12.2. The molecule has 2 rings (SSSR count). The monoisotopic (exact) mass is 380 g/mol. The topological polar surface area (TPSA) is 123 Å². The van der Waals surface area contributed by atoms with Crippen LogP contribution in [-0.4, -0.2) is 56.2 Å². The van der Waals surface area contributed by atoms with Gasteiger partial charge in [0.1, 0.15) is 11.8 Å². The van der Waals surface area contributed by atoms with Crippen molar-refractivity contribution in [2.75, 3.05) is 23.7 Å². The third-order valence-electron chi connectivity index (χ3n) is 3.63. The predicted octanol–water partition coefficient (Wildman–Crippen LogP) is 3.02. The Balaban J connectivity index is 2.11. The van der Waals surface area contributed by atoms with Crippen molar-refractivity contribution in [1.82, 2.24) is 14.9 Å². The second-order valence-electron chi connectivity index (χ2n) is 8.62. The molecule has 1 aromatic rings. The average molecular weight is 380 g/mol. The summed E-state index contributed by atoms with van der Waals surface area (Å²) in [4.78, 5) is 32.8. The number of carbonyl (C=O) groups is 1. The van der Waals surface area contributed by atoms with E-state index in [9.17, 15) is 14.9 Å². The Kier molecular flexibility index (Phi) is 5.76. The van der Waals surface area contributed by atoms with Crippen LogP contribution >= 0.6 is 0 Å². The number of amides is 1. The SMILES string of the molecule is CC(C)(C)Nc1ncc([N+](=O)[O-])c(NC2CCN(C(=O)OC(C)(C)C)C2)n1. The predicted molar refractivity (Wildman–Crippen MR) is 102 cm³/mol. The minimum atomic E-state index is -0.568. The van der Waals surface area contributed by atoms with Gasteiger partial charge < -0.3 is 20.3 Å². The van der Waals surface area contributed by atoms with E-state index in [1.165, 1.54) is 6.20 Å². The molecule has 0 aromatic carbocycles. The Labute approximate surface area is 158 Å². The molecule has 1 unspecified atom stereocenters. The minimum absolute atomic E-state index is 0.137. The first-order valence-corrected chi connectivity index (χ1v) is 8.88. The van der Waals surface area contributed by atoms with Crippen molar-refractivity contribution < 1.29 is 14.5 Å². The van der Waals surface area contributed by atoms with Crippen molar-refractivity contribution in [1.29, 1.82) is 0 Å². The van der Waals surface area contributed by atoms with Crippen molar-refractivity contribution in [2.45, 2.75) is 65.1 Å². The Hall–Kier alpha value is -2.65. The van der Waals surface area contributed by atoms with Crippen LogP contribution in [-0.2, 0) is 4.74 Å². The summed E-state index contributed by atoms with van der Waals surface area (Å²) in [6.07, 6.45) is 1.44. The molecule has 0 aliphatic carbocycles. The number of hydrogen-bond donors (Lipinski definition) is 2. The van der Waals surface area contributed by atoms with Gasteiger partial charge in [-0.1, -0.05) is 0 Å². The zero-order chi connectivity index (χ0) is 20.4. The van der Waals surface area contributed by atoms with Gasteiger partial charge >= 0.3 is 11.8 Å². The maximum Gasteiger partial charge on any atom is 0.410 e. The average Bonchev–Trinajstić information content (AvgIpc) is 2.92. The first kappa shape index (κ1) is 20.7. The molecule has 10 heteroatoms. The summed E-state index contributed by atoms with van der Waals surface area (Å²) in [5.74, 6) is 0.440. The molecule has 0 bridgehead atoms. The first-order valence-electron chi connectivity index (χ1n) is 8.88. The van der Waals surface area contributed by atoms with Gasteiger partial charge in [-0.15, -0.1) is 0 Å². The summed E-state index contributed by atoms with van der Waals surface area (Å²) >= 11 is 0. The molecule has 1 aliphatic rings. The van der Waals surface area contributed by atoms with Gasteiger partial charge in [0.2, 0.25) is 11.8 Å². The summed E-state index contributed by atoms with van der Waals surface area (Å²) in [7, 11) is 0. The van der Waals surface area contributed by atoms with E-state index in [0.29, 0.717) is 25.5 Å². The van der Waals surface area contributed by atoms with Gasteiger partial charge in [0.25, 0.3) is 0 Å². The molecule has 0 saturated carbocycles. The highest BCUT2D eigenvalue weighted by atomic mass is 16.6. The molecule has 1 aliphatic heterocycles. The van der Waals surface area contributed by atoms with E-state index in [2.05, 4.69) is 20.6 Å². The molecular weight excluding hydrogens is 352 g/mol. The number of aromatic nitrogens is 2. The van der Waals surface area contributed by atoms with Crippen LogP contribution < -0.4 is 10.6 Å². The largest absolute Gasteiger partial charge is 0.444 e. The molecule has 1 atom stereocenters. The van der Waals surface area contributed by atoms with E-state index >= 15 is 0 Å². The lowest BCUT2D eigenvalue weighted by molar-refractivity contribution is -0.384. The van der Waals surface area contributed by atoms with Crippen LogP contribution in [0.3, 0.4) is 0 Å². The fourth-order valence-corrected chi connectivity index (χ4v) is 2.57. The van der Waals surface area contributed by atoms with Gasteiger partial charge in [0.15, 0.2) is 0 Å². The van der Waals surface area contributed by atoms with Crippen LogP contribution in [0.5, 0.6) is 0 Å². The number of nitro groups is 1. The summed E-state index contributed by atoms with van der Waals surface area (Å²) in [6, 6.07) is -0.159. The summed E-state index contributed by atoms with van der Waals surface area (Å²) in [6.45, 7) is 12.2. The molecule has 27 heavy (non-hydrogen) atoms. The van der Waals surface area contributed by atoms with Crippen LogP contribution in [0.15, 0.2) is 6.20 Å². The number of rotatable bonds is 4. The lowest BCUT2D eigenvalue weighted by Crippen LogP contribution is -2.36. The minimum Gasteiger partial charge on any atom is -0.444 e. The molecular formula is C17H28N6O4. The van der Waals surface area contributed by atoms with Gasteiger partial charge in [-0.25, -0.2) is 9.78 Å². The third-order valence-corrected chi connectivity index (χ3v) is 3.63. The molecule has 1 aromatic heterocycles. The van der Waals surface area contributed by atoms with E-state index in [4.69, 9.17) is 4.74 Å². The number of carbonyl (C=O) groups excluding carboxylic acids is 1. The lowest BCUT2D eigenvalue weighted by Gasteiger charge is -2.24. The fourth-order valence-electron chi connectivity index (χ4n) is 2.57. The number of anilines is 2. The number of likely N-dealkylation sites (tertiary alicyclic amines) is 1. The first-order chi connectivity index (χ1) is 12.3. The Morgan fingerprint density at radius 1 is 1.33 bits per heavy atom. The van der Waals surface area contributed by atoms with Gasteiger partial charge in [0, 0.05) is 24.7 Å². The molecule has 0 spiro atoms. The van der Waals surface area contributed by atoms with Crippen molar-refractivity contribution in [3.8, 4) is 0 Å². The molecule has 150 valence electrons. The molecule has 1 fully saturated rings. The Bertz CT molecular complexity index is 710. The van der Waals surface area contributed by atoms with Gasteiger partial charge in [-0.05, 0) is 48.0 Å². The lowest BCUT2D eigenvalue weighted by atomic mass is 10.1. The van der Waals surface area contributed by atoms with Crippen molar-refractivity contribution in [2.24, 2.45) is 0 Å². The second-order valence-corrected chi connectivity index (χ2v) is 8.62. The van der Waals surface area contributed by atoms with Crippen LogP contribution in [0, 0.1) is 10.1 Å². The molecule has 1 amide bonds. The molecule has 2 N–H and O–H groups in total. The summed E-state index contributed by atoms with van der Waals surface area (Å²) in [5, 5.41) is 17.5. The van der Waals surface area contributed by atoms with Crippen molar-refractivity contribution in [3.05, 3.63) is 16.3 Å². The van der Waals surface area contributed by atoms with Crippen molar-refractivity contribution in [3.63, 3.8) is 0 Å². The zero-order valence-corrected chi connectivity index (χ0v) is 16.7. The zero-order valence-electron chi connectivity index (χ0n) is 16.7. The number of nitrogens with zero attached hydrogens (tertiary/aromatic N) is 4. The van der Waals surface area contributed by atoms with Crippen LogP contribution in [0.25, 0.3) is 0 Å². The quantitative estimate of drug-likeness (QED) is 0.604. The summed E-state index contributed by atoms with van der Waals surface area (Å²) < 4.78 is 5.37. The maximum absolute atomic E-state index is 12.2. The third kappa shape index (κ3) is 6.22. The molecule has 0 radical (unpaired) electrons. The molecule has 2 heterocycles. The van der Waals surface area contributed by atoms with Crippen LogP contribution in [0.4, 0.5) is 22.2 Å². The standard InChI is InChI=1S/C17H28N6O4/c1-16(2,3)21-14-18-9-12(23(25)26)13(20-14)19-11-7-8-22(10-11)15(24)27-17(4,5)6/h9,11H,7-8,10H2,1-6H3,(H2,18,19,20,21). The Morgan fingerprint density at radius 3 is 2.56 bits per heavy atom.